The second-order valence-electron chi connectivity index (χ2n) is 8.11. The number of nitrogens with one attached hydrogen (secondary N) is 3. The molecule has 3 aromatic rings. The Hall–Kier alpha value is -3.57. The minimum absolute atomic E-state index is 0.0260. The summed E-state index contributed by atoms with van der Waals surface area (Å²) in [6.45, 7) is 7.17. The number of hydrogen-bond acceptors (Lipinski definition) is 6. The molecule has 180 valence electrons. The lowest BCUT2D eigenvalue weighted by Gasteiger charge is -2.22. The van der Waals surface area contributed by atoms with Crippen LogP contribution in [0.15, 0.2) is 58.2 Å². The highest BCUT2D eigenvalue weighted by Gasteiger charge is 2.29. The first-order valence-electron chi connectivity index (χ1n) is 10.7. The molecule has 1 atom stereocenters. The van der Waals surface area contributed by atoms with Crippen LogP contribution >= 0.6 is 0 Å². The number of nitrogens with zero attached hydrogens (tertiary/aromatic N) is 2. The van der Waals surface area contributed by atoms with Gasteiger partial charge in [-0.05, 0) is 38.0 Å². The van der Waals surface area contributed by atoms with Crippen LogP contribution in [0.4, 0.5) is 0 Å². The lowest BCUT2D eigenvalue weighted by Crippen LogP contribution is -2.54. The van der Waals surface area contributed by atoms with Crippen molar-refractivity contribution in [3.05, 3.63) is 70.1 Å². The largest absolute Gasteiger partial charge is 0.290 e. The van der Waals surface area contributed by atoms with Gasteiger partial charge in [-0.1, -0.05) is 49.7 Å². The van der Waals surface area contributed by atoms with Gasteiger partial charge in [-0.25, -0.2) is 13.1 Å². The minimum atomic E-state index is -3.97. The van der Waals surface area contributed by atoms with E-state index in [0.717, 1.165) is 10.2 Å². The number of hydrazine groups is 1. The summed E-state index contributed by atoms with van der Waals surface area (Å²) in [5, 5.41) is 4.77. The van der Waals surface area contributed by atoms with Gasteiger partial charge in [0.05, 0.1) is 10.3 Å². The lowest BCUT2D eigenvalue weighted by molar-refractivity contribution is -0.124. The molecule has 11 heteroatoms. The molecule has 2 amide bonds. The van der Waals surface area contributed by atoms with Crippen molar-refractivity contribution < 1.29 is 18.0 Å². The summed E-state index contributed by atoms with van der Waals surface area (Å²) in [4.78, 5) is 38.1. The Balaban J connectivity index is 1.79. The molecule has 0 aliphatic rings. The molecule has 1 aromatic heterocycles. The molecule has 0 aliphatic carbocycles. The Morgan fingerprint density at radius 3 is 2.21 bits per heavy atom. The molecule has 0 radical (unpaired) electrons. The molecule has 10 nitrogen and oxygen atoms in total. The van der Waals surface area contributed by atoms with Gasteiger partial charge in [0.25, 0.3) is 17.4 Å². The normalized spacial score (nSPS) is 12.5. The summed E-state index contributed by atoms with van der Waals surface area (Å²) in [6.07, 6.45) is 0. The van der Waals surface area contributed by atoms with E-state index in [2.05, 4.69) is 20.7 Å². The van der Waals surface area contributed by atoms with Crippen LogP contribution in [0.25, 0.3) is 10.8 Å². The predicted molar refractivity (Wildman–Crippen MR) is 127 cm³/mol. The number of rotatable bonds is 7. The molecule has 0 spiro atoms. The maximum Gasteiger partial charge on any atom is 0.290 e. The summed E-state index contributed by atoms with van der Waals surface area (Å²) in [5.74, 6) is -1.90. The monoisotopic (exact) mass is 485 g/mol. The summed E-state index contributed by atoms with van der Waals surface area (Å²) >= 11 is 0. The van der Waals surface area contributed by atoms with E-state index >= 15 is 0 Å². The van der Waals surface area contributed by atoms with Gasteiger partial charge in [0.1, 0.15) is 6.04 Å². The number of fused-ring (bicyclic) bond motifs is 1. The maximum atomic E-state index is 12.8. The van der Waals surface area contributed by atoms with Crippen molar-refractivity contribution >= 4 is 32.6 Å². The molecule has 0 bridgehead atoms. The van der Waals surface area contributed by atoms with Crippen LogP contribution in [0, 0.1) is 12.8 Å². The molecule has 0 saturated heterocycles. The fourth-order valence-corrected chi connectivity index (χ4v) is 4.66. The average molecular weight is 486 g/mol. The smallest absolute Gasteiger partial charge is 0.271 e. The number of amides is 2. The second kappa shape index (κ2) is 10.1. The van der Waals surface area contributed by atoms with Crippen molar-refractivity contribution in [2.45, 2.75) is 45.2 Å². The van der Waals surface area contributed by atoms with Crippen molar-refractivity contribution in [2.24, 2.45) is 5.92 Å². The van der Waals surface area contributed by atoms with Gasteiger partial charge in [-0.3, -0.25) is 25.2 Å². The second-order valence-corrected chi connectivity index (χ2v) is 9.83. The van der Waals surface area contributed by atoms with Gasteiger partial charge < -0.3 is 0 Å². The number of benzene rings is 2. The number of hydrogen-bond donors (Lipinski definition) is 3. The van der Waals surface area contributed by atoms with E-state index in [4.69, 9.17) is 0 Å². The van der Waals surface area contributed by atoms with E-state index in [0.29, 0.717) is 10.8 Å². The fraction of sp³-hybridized carbons (Fsp3) is 0.304. The van der Waals surface area contributed by atoms with Gasteiger partial charge in [0.2, 0.25) is 10.0 Å². The first-order chi connectivity index (χ1) is 16.0. The third-order valence-electron chi connectivity index (χ3n) is 5.24. The number of carbonyl (C=O) groups excluding carboxylic acids is 2. The summed E-state index contributed by atoms with van der Waals surface area (Å²) < 4.78 is 29.1. The zero-order chi connectivity index (χ0) is 25.0. The van der Waals surface area contributed by atoms with Crippen molar-refractivity contribution in [2.75, 3.05) is 0 Å². The van der Waals surface area contributed by atoms with E-state index in [1.54, 1.807) is 57.2 Å². The zero-order valence-corrected chi connectivity index (χ0v) is 20.1. The van der Waals surface area contributed by atoms with Crippen molar-refractivity contribution in [3.63, 3.8) is 0 Å². The van der Waals surface area contributed by atoms with Gasteiger partial charge in [0.15, 0.2) is 5.69 Å². The van der Waals surface area contributed by atoms with Crippen LogP contribution in [0.5, 0.6) is 0 Å². The molecule has 3 N–H and O–H groups in total. The molecule has 0 aliphatic heterocycles. The molecular weight excluding hydrogens is 458 g/mol. The van der Waals surface area contributed by atoms with E-state index in [-0.39, 0.29) is 22.7 Å². The third kappa shape index (κ3) is 5.32. The maximum absolute atomic E-state index is 12.8. The first-order valence-corrected chi connectivity index (χ1v) is 12.2. The van der Waals surface area contributed by atoms with Crippen LogP contribution in [0.3, 0.4) is 0 Å². The van der Waals surface area contributed by atoms with Gasteiger partial charge >= 0.3 is 0 Å². The van der Waals surface area contributed by atoms with Crippen molar-refractivity contribution in [3.8, 4) is 0 Å². The Morgan fingerprint density at radius 2 is 1.62 bits per heavy atom. The SMILES string of the molecule is CCn1nc(C(=O)NNC(=O)[C@H](NS(=O)(=O)c2ccc(C)cc2)C(C)C)c2ccccc2c1=O. The summed E-state index contributed by atoms with van der Waals surface area (Å²) in [5.41, 5.74) is 5.07. The van der Waals surface area contributed by atoms with E-state index < -0.39 is 33.8 Å². The summed E-state index contributed by atoms with van der Waals surface area (Å²) in [7, 11) is -3.97. The topological polar surface area (TPSA) is 139 Å². The Bertz CT molecular complexity index is 1380. The average Bonchev–Trinajstić information content (AvgIpc) is 2.81. The number of aromatic nitrogens is 2. The highest BCUT2D eigenvalue weighted by atomic mass is 32.2. The van der Waals surface area contributed by atoms with Crippen LogP contribution in [0.2, 0.25) is 0 Å². The highest BCUT2D eigenvalue weighted by Crippen LogP contribution is 2.14. The van der Waals surface area contributed by atoms with Crippen LogP contribution in [0.1, 0.15) is 36.8 Å². The first kappa shape index (κ1) is 25.1. The number of aryl methyl sites for hydroxylation is 2. The Labute approximate surface area is 197 Å². The van der Waals surface area contributed by atoms with Crippen molar-refractivity contribution in [1.82, 2.24) is 25.4 Å². The van der Waals surface area contributed by atoms with Crippen LogP contribution in [-0.4, -0.2) is 36.1 Å². The Morgan fingerprint density at radius 1 is 1.00 bits per heavy atom. The molecular formula is C23H27N5O5S. The fourth-order valence-electron chi connectivity index (χ4n) is 3.32. The summed E-state index contributed by atoms with van der Waals surface area (Å²) in [6, 6.07) is 11.6. The molecule has 0 unspecified atom stereocenters. The standard InChI is InChI=1S/C23H27N5O5S/c1-5-28-23(31)18-9-7-6-8-17(18)20(26-28)22(30)25-24-21(29)19(14(2)3)27-34(32,33)16-12-10-15(4)11-13-16/h6-14,19,27H,5H2,1-4H3,(H,24,29)(H,25,30)/t19-/m1/s1. The van der Waals surface area contributed by atoms with E-state index in [9.17, 15) is 22.8 Å². The number of sulfonamides is 1. The molecule has 1 heterocycles. The molecule has 0 saturated carbocycles. The molecule has 34 heavy (non-hydrogen) atoms. The lowest BCUT2D eigenvalue weighted by atomic mass is 10.1. The molecule has 0 fully saturated rings. The van der Waals surface area contributed by atoms with Crippen LogP contribution < -0.4 is 21.1 Å². The Kier molecular flexibility index (Phi) is 7.48. The van der Waals surface area contributed by atoms with E-state index in [1.165, 1.54) is 12.1 Å². The molecule has 2 aromatic carbocycles. The van der Waals surface area contributed by atoms with Gasteiger partial charge in [0, 0.05) is 11.9 Å². The third-order valence-corrected chi connectivity index (χ3v) is 6.70. The number of carbonyl (C=O) groups is 2. The van der Waals surface area contributed by atoms with Gasteiger partial charge in [-0.2, -0.15) is 9.82 Å². The highest BCUT2D eigenvalue weighted by molar-refractivity contribution is 7.89. The van der Waals surface area contributed by atoms with Crippen LogP contribution in [-0.2, 0) is 21.4 Å². The molecule has 3 rings (SSSR count). The quantitative estimate of drug-likeness (QED) is 0.433. The van der Waals surface area contributed by atoms with Crippen molar-refractivity contribution in [1.29, 1.82) is 0 Å². The zero-order valence-electron chi connectivity index (χ0n) is 19.3. The predicted octanol–water partition coefficient (Wildman–Crippen LogP) is 1.49. The van der Waals surface area contributed by atoms with Gasteiger partial charge in [-0.15, -0.1) is 0 Å². The minimum Gasteiger partial charge on any atom is -0.271 e. The van der Waals surface area contributed by atoms with E-state index in [1.807, 2.05) is 6.92 Å².